The highest BCUT2D eigenvalue weighted by atomic mass is 16.5. The summed E-state index contributed by atoms with van der Waals surface area (Å²) in [7, 11) is 0. The fraction of sp³-hybridized carbons (Fsp3) is 0.273. The number of amides is 1. The van der Waals surface area contributed by atoms with E-state index in [0.717, 1.165) is 11.3 Å². The maximum absolute atomic E-state index is 13.1. The van der Waals surface area contributed by atoms with E-state index < -0.39 is 23.8 Å². The van der Waals surface area contributed by atoms with Gasteiger partial charge >= 0.3 is 5.69 Å². The molecule has 0 saturated carbocycles. The number of benzene rings is 1. The normalized spacial score (nSPS) is 10.5. The van der Waals surface area contributed by atoms with Crippen molar-refractivity contribution in [3.05, 3.63) is 74.8 Å². The first-order valence-corrected chi connectivity index (χ1v) is 10.0. The molecule has 166 valence electrons. The maximum Gasteiger partial charge on any atom is 0.330 e. The number of nitrogens with two attached hydrogens (primary N) is 1. The fourth-order valence-electron chi connectivity index (χ4n) is 3.08. The Hall–Kier alpha value is -4.26. The summed E-state index contributed by atoms with van der Waals surface area (Å²) in [6.45, 7) is 1.78. The number of nitrogens with zero attached hydrogens (tertiary/aromatic N) is 3. The number of carbonyl (C=O) groups is 1. The van der Waals surface area contributed by atoms with Crippen molar-refractivity contribution in [3.8, 4) is 11.8 Å². The van der Waals surface area contributed by atoms with Crippen LogP contribution in [-0.4, -0.2) is 22.1 Å². The van der Waals surface area contributed by atoms with Gasteiger partial charge in [-0.1, -0.05) is 13.3 Å². The number of nitrogen functional groups attached to an aromatic ring is 1. The standard InChI is InChI=1S/C22H23N5O5/c1-2-3-10-26-20(24)19(21(29)25-22(26)30)27(13-17-5-4-11-31-17)18(28)14-32-16-8-6-15(12-23)7-9-16/h4-9,11H,2-3,10,13-14,24H2,1H3,(H,25,29,30). The van der Waals surface area contributed by atoms with E-state index in [4.69, 9.17) is 20.1 Å². The zero-order valence-electron chi connectivity index (χ0n) is 17.5. The number of anilines is 2. The molecule has 3 N–H and O–H groups in total. The Morgan fingerprint density at radius 3 is 2.66 bits per heavy atom. The zero-order valence-corrected chi connectivity index (χ0v) is 17.5. The Balaban J connectivity index is 1.93. The SMILES string of the molecule is CCCCn1c(N)c(N(Cc2ccco2)C(=O)COc2ccc(C#N)cc2)c(=O)[nH]c1=O. The summed E-state index contributed by atoms with van der Waals surface area (Å²) in [6, 6.07) is 11.6. The van der Waals surface area contributed by atoms with Gasteiger partial charge in [0.05, 0.1) is 24.4 Å². The first-order valence-electron chi connectivity index (χ1n) is 10.0. The van der Waals surface area contributed by atoms with E-state index in [1.54, 1.807) is 36.4 Å². The summed E-state index contributed by atoms with van der Waals surface area (Å²) in [5, 5.41) is 8.89. The molecule has 0 aliphatic heterocycles. The first-order chi connectivity index (χ1) is 15.4. The number of rotatable bonds is 9. The fourth-order valence-corrected chi connectivity index (χ4v) is 3.08. The quantitative estimate of drug-likeness (QED) is 0.520. The average Bonchev–Trinajstić information content (AvgIpc) is 3.30. The first kappa shape index (κ1) is 22.4. The number of ether oxygens (including phenoxy) is 1. The van der Waals surface area contributed by atoms with Crippen molar-refractivity contribution in [1.82, 2.24) is 9.55 Å². The smallest absolute Gasteiger partial charge is 0.330 e. The molecule has 0 fully saturated rings. The highest BCUT2D eigenvalue weighted by molar-refractivity contribution is 5.96. The number of aromatic amines is 1. The van der Waals surface area contributed by atoms with Crippen molar-refractivity contribution >= 4 is 17.4 Å². The number of hydrogen-bond acceptors (Lipinski definition) is 7. The molecule has 0 saturated heterocycles. The molecular formula is C22H23N5O5. The number of aromatic nitrogens is 2. The third kappa shape index (κ3) is 5.07. The molecule has 3 rings (SSSR count). The van der Waals surface area contributed by atoms with E-state index in [0.29, 0.717) is 30.0 Å². The van der Waals surface area contributed by atoms with E-state index in [1.165, 1.54) is 10.8 Å². The minimum atomic E-state index is -0.779. The Morgan fingerprint density at radius 1 is 1.28 bits per heavy atom. The Morgan fingerprint density at radius 2 is 2.03 bits per heavy atom. The van der Waals surface area contributed by atoms with Crippen molar-refractivity contribution in [2.75, 3.05) is 17.2 Å². The lowest BCUT2D eigenvalue weighted by Crippen LogP contribution is -2.42. The average molecular weight is 437 g/mol. The molecule has 32 heavy (non-hydrogen) atoms. The van der Waals surface area contributed by atoms with Gasteiger partial charge in [0.15, 0.2) is 12.3 Å². The van der Waals surface area contributed by atoms with E-state index in [2.05, 4.69) is 4.98 Å². The lowest BCUT2D eigenvalue weighted by Gasteiger charge is -2.23. The van der Waals surface area contributed by atoms with E-state index >= 15 is 0 Å². The molecule has 1 aromatic carbocycles. The van der Waals surface area contributed by atoms with E-state index in [-0.39, 0.29) is 18.1 Å². The minimum absolute atomic E-state index is 0.0815. The van der Waals surface area contributed by atoms with Crippen LogP contribution in [0.1, 0.15) is 31.1 Å². The minimum Gasteiger partial charge on any atom is -0.484 e. The number of unbranched alkanes of at least 4 members (excludes halogenated alkanes) is 1. The summed E-state index contributed by atoms with van der Waals surface area (Å²) in [5.41, 5.74) is 5.07. The summed E-state index contributed by atoms with van der Waals surface area (Å²) in [4.78, 5) is 41.4. The van der Waals surface area contributed by atoms with Crippen LogP contribution in [0.15, 0.2) is 56.7 Å². The second kappa shape index (κ2) is 10.2. The van der Waals surface area contributed by atoms with Gasteiger partial charge in [-0.15, -0.1) is 0 Å². The van der Waals surface area contributed by atoms with Gasteiger partial charge in [0, 0.05) is 6.54 Å². The van der Waals surface area contributed by atoms with Crippen LogP contribution in [0, 0.1) is 11.3 Å². The van der Waals surface area contributed by atoms with Crippen molar-refractivity contribution in [3.63, 3.8) is 0 Å². The van der Waals surface area contributed by atoms with Crippen LogP contribution in [-0.2, 0) is 17.9 Å². The number of furan rings is 1. The van der Waals surface area contributed by atoms with Gasteiger partial charge in [-0.2, -0.15) is 5.26 Å². The molecule has 10 nitrogen and oxygen atoms in total. The number of carbonyl (C=O) groups excluding carboxylic acids is 1. The molecule has 1 amide bonds. The molecule has 0 aliphatic carbocycles. The number of H-pyrrole nitrogens is 1. The van der Waals surface area contributed by atoms with Gasteiger partial charge in [-0.05, 0) is 42.8 Å². The summed E-state index contributed by atoms with van der Waals surface area (Å²) >= 11 is 0. The highest BCUT2D eigenvalue weighted by Gasteiger charge is 2.25. The molecule has 3 aromatic rings. The molecular weight excluding hydrogens is 414 g/mol. The van der Waals surface area contributed by atoms with Crippen LogP contribution in [0.25, 0.3) is 0 Å². The van der Waals surface area contributed by atoms with Crippen LogP contribution in [0.3, 0.4) is 0 Å². The van der Waals surface area contributed by atoms with Gasteiger partial charge < -0.3 is 14.9 Å². The van der Waals surface area contributed by atoms with Gasteiger partial charge in [0.25, 0.3) is 11.5 Å². The van der Waals surface area contributed by atoms with Crippen LogP contribution < -0.4 is 26.6 Å². The van der Waals surface area contributed by atoms with Crippen LogP contribution >= 0.6 is 0 Å². The van der Waals surface area contributed by atoms with Gasteiger partial charge in [-0.25, -0.2) is 4.79 Å². The Bertz CT molecular complexity index is 1220. The lowest BCUT2D eigenvalue weighted by molar-refractivity contribution is -0.120. The molecule has 2 heterocycles. The van der Waals surface area contributed by atoms with Crippen molar-refractivity contribution in [2.24, 2.45) is 0 Å². The third-order valence-electron chi connectivity index (χ3n) is 4.76. The molecule has 10 heteroatoms. The number of nitrogens with one attached hydrogen (secondary N) is 1. The van der Waals surface area contributed by atoms with Crippen molar-refractivity contribution in [2.45, 2.75) is 32.9 Å². The molecule has 2 aromatic heterocycles. The Kier molecular flexibility index (Phi) is 7.13. The summed E-state index contributed by atoms with van der Waals surface area (Å²) in [5.74, 6) is 0.126. The third-order valence-corrected chi connectivity index (χ3v) is 4.76. The van der Waals surface area contributed by atoms with Gasteiger partial charge in [0.1, 0.15) is 17.3 Å². The highest BCUT2D eigenvalue weighted by Crippen LogP contribution is 2.21. The van der Waals surface area contributed by atoms with E-state index in [9.17, 15) is 14.4 Å². The van der Waals surface area contributed by atoms with Gasteiger partial charge in [-0.3, -0.25) is 24.0 Å². The number of hydrogen-bond donors (Lipinski definition) is 2. The molecule has 0 aliphatic rings. The summed E-state index contributed by atoms with van der Waals surface area (Å²) < 4.78 is 12.1. The van der Waals surface area contributed by atoms with Crippen molar-refractivity contribution < 1.29 is 13.9 Å². The van der Waals surface area contributed by atoms with E-state index in [1.807, 2.05) is 13.0 Å². The monoisotopic (exact) mass is 437 g/mol. The molecule has 0 radical (unpaired) electrons. The Labute approximate surface area is 183 Å². The molecule has 0 unspecified atom stereocenters. The van der Waals surface area contributed by atoms with Crippen LogP contribution in [0.5, 0.6) is 5.75 Å². The van der Waals surface area contributed by atoms with Crippen molar-refractivity contribution in [1.29, 1.82) is 5.26 Å². The predicted octanol–water partition coefficient (Wildman–Crippen LogP) is 2.00. The number of nitriles is 1. The second-order valence-corrected chi connectivity index (χ2v) is 6.98. The molecule has 0 bridgehead atoms. The van der Waals surface area contributed by atoms with Crippen LogP contribution in [0.2, 0.25) is 0 Å². The predicted molar refractivity (Wildman–Crippen MR) is 117 cm³/mol. The van der Waals surface area contributed by atoms with Crippen LogP contribution in [0.4, 0.5) is 11.5 Å². The summed E-state index contributed by atoms with van der Waals surface area (Å²) in [6.07, 6.45) is 2.93. The molecule has 0 spiro atoms. The topological polar surface area (TPSA) is 147 Å². The van der Waals surface area contributed by atoms with Gasteiger partial charge in [0.2, 0.25) is 0 Å². The largest absolute Gasteiger partial charge is 0.484 e. The molecule has 0 atom stereocenters. The lowest BCUT2D eigenvalue weighted by atomic mass is 10.2. The zero-order chi connectivity index (χ0) is 23.1. The second-order valence-electron chi connectivity index (χ2n) is 6.98. The maximum atomic E-state index is 13.1.